The number of benzene rings is 1. The first-order valence-corrected chi connectivity index (χ1v) is 6.76. The molecule has 1 aromatic heterocycles. The average molecular weight is 276 g/mol. The number of aromatic nitrogens is 2. The number of imidazole rings is 1. The highest BCUT2D eigenvalue weighted by molar-refractivity contribution is 5.81. The van der Waals surface area contributed by atoms with Crippen LogP contribution in [0.15, 0.2) is 18.2 Å². The zero-order valence-electron chi connectivity index (χ0n) is 12.3. The summed E-state index contributed by atoms with van der Waals surface area (Å²) >= 11 is 0. The van der Waals surface area contributed by atoms with Gasteiger partial charge < -0.3 is 14.4 Å². The number of aliphatic hydroxyl groups excluding tert-OH is 1. The van der Waals surface area contributed by atoms with Gasteiger partial charge in [-0.05, 0) is 24.6 Å². The highest BCUT2D eigenvalue weighted by atomic mass is 16.5. The van der Waals surface area contributed by atoms with Crippen molar-refractivity contribution in [1.82, 2.24) is 9.55 Å². The standard InChI is InChI=1S/C15H20N2O3/c1-5-20-15(19)13(18)10-6-7-12-11(8-10)16-14(9(2)3)17(12)4/h6-9,13,18H,5H2,1-4H3. The number of fused-ring (bicyclic) bond motifs is 1. The number of hydrogen-bond donors (Lipinski definition) is 1. The number of aryl methyl sites for hydroxylation is 1. The van der Waals surface area contributed by atoms with Crippen LogP contribution in [0.4, 0.5) is 0 Å². The molecule has 0 radical (unpaired) electrons. The lowest BCUT2D eigenvalue weighted by Gasteiger charge is -2.09. The zero-order chi connectivity index (χ0) is 14.9. The summed E-state index contributed by atoms with van der Waals surface area (Å²) < 4.78 is 6.85. The molecule has 2 aromatic rings. The van der Waals surface area contributed by atoms with Crippen molar-refractivity contribution >= 4 is 17.0 Å². The predicted molar refractivity (Wildman–Crippen MR) is 76.4 cm³/mol. The van der Waals surface area contributed by atoms with Crippen LogP contribution < -0.4 is 0 Å². The fourth-order valence-electron chi connectivity index (χ4n) is 2.28. The van der Waals surface area contributed by atoms with E-state index in [1.807, 2.05) is 17.7 Å². The lowest BCUT2D eigenvalue weighted by molar-refractivity contribution is -0.153. The Morgan fingerprint density at radius 2 is 2.15 bits per heavy atom. The van der Waals surface area contributed by atoms with E-state index in [9.17, 15) is 9.90 Å². The molecular formula is C15H20N2O3. The molecule has 0 fully saturated rings. The summed E-state index contributed by atoms with van der Waals surface area (Å²) in [5, 5.41) is 9.96. The molecule has 0 amide bonds. The fraction of sp³-hybridized carbons (Fsp3) is 0.467. The maximum atomic E-state index is 11.6. The zero-order valence-corrected chi connectivity index (χ0v) is 12.3. The maximum absolute atomic E-state index is 11.6. The molecule has 1 N–H and O–H groups in total. The van der Waals surface area contributed by atoms with Crippen LogP contribution in [-0.2, 0) is 16.6 Å². The molecule has 0 aliphatic rings. The average Bonchev–Trinajstić information content (AvgIpc) is 2.75. The molecular weight excluding hydrogens is 256 g/mol. The molecule has 108 valence electrons. The molecule has 0 spiro atoms. The fourth-order valence-corrected chi connectivity index (χ4v) is 2.28. The molecule has 0 saturated carbocycles. The van der Waals surface area contributed by atoms with Crippen molar-refractivity contribution in [3.05, 3.63) is 29.6 Å². The molecule has 0 saturated heterocycles. The minimum atomic E-state index is -1.26. The molecule has 0 aliphatic heterocycles. The van der Waals surface area contributed by atoms with Crippen LogP contribution in [0.25, 0.3) is 11.0 Å². The van der Waals surface area contributed by atoms with Crippen LogP contribution in [0, 0.1) is 0 Å². The van der Waals surface area contributed by atoms with Gasteiger partial charge in [0.05, 0.1) is 17.6 Å². The van der Waals surface area contributed by atoms with Gasteiger partial charge in [-0.1, -0.05) is 19.9 Å². The lowest BCUT2D eigenvalue weighted by atomic mass is 10.1. The maximum Gasteiger partial charge on any atom is 0.339 e. The van der Waals surface area contributed by atoms with Gasteiger partial charge in [0.2, 0.25) is 0 Å². The van der Waals surface area contributed by atoms with Crippen molar-refractivity contribution in [3.8, 4) is 0 Å². The first kappa shape index (κ1) is 14.5. The van der Waals surface area contributed by atoms with Crippen molar-refractivity contribution in [3.63, 3.8) is 0 Å². The quantitative estimate of drug-likeness (QED) is 0.870. The van der Waals surface area contributed by atoms with Crippen molar-refractivity contribution in [2.75, 3.05) is 6.61 Å². The van der Waals surface area contributed by atoms with Crippen molar-refractivity contribution in [1.29, 1.82) is 0 Å². The van der Waals surface area contributed by atoms with E-state index in [1.165, 1.54) is 0 Å². The first-order chi connectivity index (χ1) is 9.45. The summed E-state index contributed by atoms with van der Waals surface area (Å²) in [6.45, 7) is 6.12. The van der Waals surface area contributed by atoms with Crippen LogP contribution in [-0.4, -0.2) is 27.2 Å². The van der Waals surface area contributed by atoms with Crippen LogP contribution >= 0.6 is 0 Å². The minimum absolute atomic E-state index is 0.249. The number of rotatable bonds is 4. The largest absolute Gasteiger partial charge is 0.464 e. The van der Waals surface area contributed by atoms with E-state index in [-0.39, 0.29) is 6.61 Å². The number of ether oxygens (including phenoxy) is 1. The van der Waals surface area contributed by atoms with Gasteiger partial charge in [0.1, 0.15) is 5.82 Å². The topological polar surface area (TPSA) is 64.3 Å². The Hall–Kier alpha value is -1.88. The highest BCUT2D eigenvalue weighted by Crippen LogP contribution is 2.24. The second-order valence-corrected chi connectivity index (χ2v) is 5.09. The molecule has 1 atom stereocenters. The predicted octanol–water partition coefficient (Wildman–Crippen LogP) is 2.29. The van der Waals surface area contributed by atoms with Gasteiger partial charge in [-0.25, -0.2) is 9.78 Å². The Kier molecular flexibility index (Phi) is 4.09. The first-order valence-electron chi connectivity index (χ1n) is 6.76. The number of hydrogen-bond acceptors (Lipinski definition) is 4. The normalized spacial score (nSPS) is 12.9. The molecule has 5 heteroatoms. The summed E-state index contributed by atoms with van der Waals surface area (Å²) in [4.78, 5) is 16.1. The number of aliphatic hydroxyl groups is 1. The summed E-state index contributed by atoms with van der Waals surface area (Å²) in [7, 11) is 1.96. The number of esters is 1. The number of carbonyl (C=O) groups is 1. The summed E-state index contributed by atoms with van der Waals surface area (Å²) in [5.41, 5.74) is 2.26. The third kappa shape index (κ3) is 2.54. The lowest BCUT2D eigenvalue weighted by Crippen LogP contribution is -2.15. The Bertz CT molecular complexity index is 631. The van der Waals surface area contributed by atoms with E-state index in [4.69, 9.17) is 4.74 Å². The molecule has 1 aromatic carbocycles. The second kappa shape index (κ2) is 5.63. The van der Waals surface area contributed by atoms with Crippen LogP contribution in [0.3, 0.4) is 0 Å². The molecule has 0 bridgehead atoms. The van der Waals surface area contributed by atoms with Gasteiger partial charge in [0.15, 0.2) is 6.10 Å². The highest BCUT2D eigenvalue weighted by Gasteiger charge is 2.20. The minimum Gasteiger partial charge on any atom is -0.464 e. The summed E-state index contributed by atoms with van der Waals surface area (Å²) in [5.74, 6) is 0.653. The summed E-state index contributed by atoms with van der Waals surface area (Å²) in [6, 6.07) is 5.34. The SMILES string of the molecule is CCOC(=O)C(O)c1ccc2c(c1)nc(C(C)C)n2C. The van der Waals surface area contributed by atoms with E-state index in [0.717, 1.165) is 16.9 Å². The third-order valence-electron chi connectivity index (χ3n) is 3.28. The van der Waals surface area contributed by atoms with Crippen molar-refractivity contribution < 1.29 is 14.6 Å². The van der Waals surface area contributed by atoms with Gasteiger partial charge in [0.25, 0.3) is 0 Å². The van der Waals surface area contributed by atoms with Gasteiger partial charge >= 0.3 is 5.97 Å². The Balaban J connectivity index is 2.41. The van der Waals surface area contributed by atoms with Gasteiger partial charge in [-0.15, -0.1) is 0 Å². The smallest absolute Gasteiger partial charge is 0.339 e. The molecule has 1 heterocycles. The number of nitrogens with zero attached hydrogens (tertiary/aromatic N) is 2. The van der Waals surface area contributed by atoms with E-state index in [0.29, 0.717) is 11.5 Å². The molecule has 1 unspecified atom stereocenters. The Labute approximate surface area is 118 Å². The molecule has 5 nitrogen and oxygen atoms in total. The summed E-state index contributed by atoms with van der Waals surface area (Å²) in [6.07, 6.45) is -1.26. The Morgan fingerprint density at radius 1 is 1.45 bits per heavy atom. The van der Waals surface area contributed by atoms with E-state index < -0.39 is 12.1 Å². The van der Waals surface area contributed by atoms with E-state index >= 15 is 0 Å². The van der Waals surface area contributed by atoms with E-state index in [2.05, 4.69) is 18.8 Å². The molecule has 20 heavy (non-hydrogen) atoms. The van der Waals surface area contributed by atoms with Crippen molar-refractivity contribution in [2.24, 2.45) is 7.05 Å². The van der Waals surface area contributed by atoms with Gasteiger partial charge in [-0.2, -0.15) is 0 Å². The van der Waals surface area contributed by atoms with Crippen LogP contribution in [0.1, 0.15) is 44.2 Å². The second-order valence-electron chi connectivity index (χ2n) is 5.09. The van der Waals surface area contributed by atoms with Crippen molar-refractivity contribution in [2.45, 2.75) is 32.8 Å². The third-order valence-corrected chi connectivity index (χ3v) is 3.28. The van der Waals surface area contributed by atoms with Gasteiger partial charge in [0, 0.05) is 13.0 Å². The monoisotopic (exact) mass is 276 g/mol. The molecule has 2 rings (SSSR count). The number of carbonyl (C=O) groups excluding carboxylic acids is 1. The molecule has 0 aliphatic carbocycles. The Morgan fingerprint density at radius 3 is 2.75 bits per heavy atom. The van der Waals surface area contributed by atoms with Crippen LogP contribution in [0.2, 0.25) is 0 Å². The van der Waals surface area contributed by atoms with Gasteiger partial charge in [-0.3, -0.25) is 0 Å². The van der Waals surface area contributed by atoms with Crippen LogP contribution in [0.5, 0.6) is 0 Å². The van der Waals surface area contributed by atoms with E-state index in [1.54, 1.807) is 19.1 Å².